The number of ether oxygens (including phenoxy) is 2. The van der Waals surface area contributed by atoms with Crippen LogP contribution in [0.4, 0.5) is 5.69 Å². The van der Waals surface area contributed by atoms with Crippen molar-refractivity contribution >= 4 is 22.4 Å². The number of benzene rings is 3. The average Bonchev–Trinajstić information content (AvgIpc) is 2.94. The van der Waals surface area contributed by atoms with Crippen LogP contribution in [0.2, 0.25) is 0 Å². The average molecular weight is 347 g/mol. The van der Waals surface area contributed by atoms with Gasteiger partial charge in [0.25, 0.3) is 5.91 Å². The Morgan fingerprint density at radius 2 is 1.88 bits per heavy atom. The summed E-state index contributed by atoms with van der Waals surface area (Å²) in [7, 11) is 0. The normalized spacial score (nSPS) is 14.5. The van der Waals surface area contributed by atoms with E-state index in [-0.39, 0.29) is 18.1 Å². The fraction of sp³-hybridized carbons (Fsp3) is 0.227. The Kier molecular flexibility index (Phi) is 4.03. The van der Waals surface area contributed by atoms with Gasteiger partial charge in [-0.15, -0.1) is 0 Å². The molecule has 4 nitrogen and oxygen atoms in total. The lowest BCUT2D eigenvalue weighted by atomic mass is 10.0. The van der Waals surface area contributed by atoms with Crippen LogP contribution in [0.25, 0.3) is 10.8 Å². The Hall–Kier alpha value is -3.01. The number of hydrogen-bond donors (Lipinski definition) is 1. The maximum absolute atomic E-state index is 12.3. The molecule has 0 radical (unpaired) electrons. The Bertz CT molecular complexity index is 978. The van der Waals surface area contributed by atoms with Crippen molar-refractivity contribution in [1.82, 2.24) is 0 Å². The van der Waals surface area contributed by atoms with Gasteiger partial charge >= 0.3 is 0 Å². The molecule has 3 aromatic rings. The molecule has 0 saturated heterocycles. The molecule has 1 aliphatic rings. The van der Waals surface area contributed by atoms with E-state index in [1.165, 1.54) is 0 Å². The van der Waals surface area contributed by atoms with Gasteiger partial charge in [0.2, 0.25) is 0 Å². The van der Waals surface area contributed by atoms with Gasteiger partial charge in [-0.3, -0.25) is 4.79 Å². The summed E-state index contributed by atoms with van der Waals surface area (Å²) in [6.45, 7) is 4.03. The van der Waals surface area contributed by atoms with E-state index in [1.54, 1.807) is 0 Å². The fourth-order valence-corrected chi connectivity index (χ4v) is 3.31. The monoisotopic (exact) mass is 347 g/mol. The van der Waals surface area contributed by atoms with Crippen LogP contribution in [0, 0.1) is 0 Å². The second-order valence-corrected chi connectivity index (χ2v) is 7.18. The van der Waals surface area contributed by atoms with Crippen LogP contribution < -0.4 is 14.8 Å². The first-order valence-electron chi connectivity index (χ1n) is 8.73. The topological polar surface area (TPSA) is 47.6 Å². The number of para-hydroxylation sites is 1. The number of carbonyl (C=O) groups is 1. The van der Waals surface area contributed by atoms with Crippen molar-refractivity contribution in [2.75, 3.05) is 11.9 Å². The molecule has 0 fully saturated rings. The molecule has 0 spiro atoms. The number of fused-ring (bicyclic) bond motifs is 2. The zero-order valence-corrected chi connectivity index (χ0v) is 14.9. The largest absolute Gasteiger partial charge is 0.483 e. The molecule has 132 valence electrons. The lowest BCUT2D eigenvalue weighted by molar-refractivity contribution is -0.118. The summed E-state index contributed by atoms with van der Waals surface area (Å²) in [6.07, 6.45) is 0.836. The molecule has 1 heterocycles. The van der Waals surface area contributed by atoms with Gasteiger partial charge in [-0.1, -0.05) is 42.5 Å². The van der Waals surface area contributed by atoms with Crippen LogP contribution in [0.5, 0.6) is 11.5 Å². The number of carbonyl (C=O) groups excluding carboxylic acids is 1. The zero-order valence-electron chi connectivity index (χ0n) is 14.9. The van der Waals surface area contributed by atoms with Gasteiger partial charge in [0, 0.05) is 17.7 Å². The van der Waals surface area contributed by atoms with Crippen molar-refractivity contribution in [2.45, 2.75) is 25.9 Å². The van der Waals surface area contributed by atoms with E-state index in [4.69, 9.17) is 9.47 Å². The van der Waals surface area contributed by atoms with Crippen LogP contribution in [0.1, 0.15) is 19.4 Å². The van der Waals surface area contributed by atoms with Crippen LogP contribution in [-0.2, 0) is 11.2 Å². The van der Waals surface area contributed by atoms with Gasteiger partial charge in [0.1, 0.15) is 5.60 Å². The van der Waals surface area contributed by atoms with E-state index in [2.05, 4.69) is 5.32 Å². The molecule has 1 aliphatic heterocycles. The molecule has 0 saturated carbocycles. The Labute approximate surface area is 152 Å². The standard InChI is InChI=1S/C22H21NO3/c1-22(2)13-17-8-5-9-19(21(17)26-22)25-14-20(24)23-18-11-10-15-6-3-4-7-16(15)12-18/h3-12H,13-14H2,1-2H3,(H,23,24). The summed E-state index contributed by atoms with van der Waals surface area (Å²) in [4.78, 5) is 12.3. The number of rotatable bonds is 4. The van der Waals surface area contributed by atoms with Gasteiger partial charge in [-0.25, -0.2) is 0 Å². The molecule has 0 aromatic heterocycles. The SMILES string of the molecule is CC1(C)Cc2cccc(OCC(=O)Nc3ccc4ccccc4c3)c2O1. The van der Waals surface area contributed by atoms with Gasteiger partial charge in [0.15, 0.2) is 18.1 Å². The smallest absolute Gasteiger partial charge is 0.262 e. The lowest BCUT2D eigenvalue weighted by Gasteiger charge is -2.18. The van der Waals surface area contributed by atoms with Crippen LogP contribution >= 0.6 is 0 Å². The first-order chi connectivity index (χ1) is 12.5. The van der Waals surface area contributed by atoms with Crippen molar-refractivity contribution < 1.29 is 14.3 Å². The highest BCUT2D eigenvalue weighted by Gasteiger charge is 2.32. The Balaban J connectivity index is 1.42. The highest BCUT2D eigenvalue weighted by atomic mass is 16.5. The third-order valence-corrected chi connectivity index (χ3v) is 4.45. The second kappa shape index (κ2) is 6.37. The lowest BCUT2D eigenvalue weighted by Crippen LogP contribution is -2.25. The minimum absolute atomic E-state index is 0.0624. The number of anilines is 1. The van der Waals surface area contributed by atoms with Gasteiger partial charge in [-0.05, 0) is 42.8 Å². The van der Waals surface area contributed by atoms with E-state index in [9.17, 15) is 4.79 Å². The summed E-state index contributed by atoms with van der Waals surface area (Å²) in [5.41, 5.74) is 1.63. The summed E-state index contributed by atoms with van der Waals surface area (Å²) in [5, 5.41) is 5.11. The summed E-state index contributed by atoms with van der Waals surface area (Å²) >= 11 is 0. The van der Waals surface area contributed by atoms with Crippen molar-refractivity contribution in [3.63, 3.8) is 0 Å². The zero-order chi connectivity index (χ0) is 18.1. The molecule has 0 bridgehead atoms. The van der Waals surface area contributed by atoms with Crippen molar-refractivity contribution in [3.8, 4) is 11.5 Å². The number of hydrogen-bond acceptors (Lipinski definition) is 3. The van der Waals surface area contributed by atoms with Crippen LogP contribution in [-0.4, -0.2) is 18.1 Å². The molecule has 1 N–H and O–H groups in total. The van der Waals surface area contributed by atoms with Crippen molar-refractivity contribution in [3.05, 3.63) is 66.2 Å². The number of amides is 1. The molecule has 4 rings (SSSR count). The molecule has 3 aromatic carbocycles. The van der Waals surface area contributed by atoms with E-state index >= 15 is 0 Å². The molecule has 0 unspecified atom stereocenters. The molecular weight excluding hydrogens is 326 g/mol. The first-order valence-corrected chi connectivity index (χ1v) is 8.73. The summed E-state index contributed by atoms with van der Waals surface area (Å²) in [6, 6.07) is 19.7. The Morgan fingerprint density at radius 3 is 2.73 bits per heavy atom. The van der Waals surface area contributed by atoms with Crippen LogP contribution in [0.3, 0.4) is 0 Å². The fourth-order valence-electron chi connectivity index (χ4n) is 3.31. The second-order valence-electron chi connectivity index (χ2n) is 7.18. The van der Waals surface area contributed by atoms with Crippen molar-refractivity contribution in [1.29, 1.82) is 0 Å². The molecule has 0 atom stereocenters. The molecule has 1 amide bonds. The maximum atomic E-state index is 12.3. The molecular formula is C22H21NO3. The highest BCUT2D eigenvalue weighted by Crippen LogP contribution is 2.41. The predicted octanol–water partition coefficient (Wildman–Crippen LogP) is 4.57. The quantitative estimate of drug-likeness (QED) is 0.752. The predicted molar refractivity (Wildman–Crippen MR) is 103 cm³/mol. The van der Waals surface area contributed by atoms with Gasteiger partial charge in [0.05, 0.1) is 0 Å². The Morgan fingerprint density at radius 1 is 1.08 bits per heavy atom. The third kappa shape index (κ3) is 3.36. The summed E-state index contributed by atoms with van der Waals surface area (Å²) < 4.78 is 11.7. The van der Waals surface area contributed by atoms with E-state index in [1.807, 2.05) is 74.5 Å². The highest BCUT2D eigenvalue weighted by molar-refractivity contribution is 5.95. The first kappa shape index (κ1) is 16.5. The summed E-state index contributed by atoms with van der Waals surface area (Å²) in [5.74, 6) is 1.16. The van der Waals surface area contributed by atoms with E-state index in [0.29, 0.717) is 5.75 Å². The van der Waals surface area contributed by atoms with Crippen molar-refractivity contribution in [2.24, 2.45) is 0 Å². The van der Waals surface area contributed by atoms with E-state index < -0.39 is 0 Å². The third-order valence-electron chi connectivity index (χ3n) is 4.45. The number of nitrogens with one attached hydrogen (secondary N) is 1. The molecule has 26 heavy (non-hydrogen) atoms. The molecule has 0 aliphatic carbocycles. The molecule has 4 heteroatoms. The van der Waals surface area contributed by atoms with Crippen LogP contribution in [0.15, 0.2) is 60.7 Å². The maximum Gasteiger partial charge on any atom is 0.262 e. The minimum Gasteiger partial charge on any atom is -0.483 e. The van der Waals surface area contributed by atoms with E-state index in [0.717, 1.165) is 34.2 Å². The van der Waals surface area contributed by atoms with Gasteiger partial charge < -0.3 is 14.8 Å². The van der Waals surface area contributed by atoms with Gasteiger partial charge in [-0.2, -0.15) is 0 Å². The minimum atomic E-state index is -0.241.